The zero-order chi connectivity index (χ0) is 28.0. The molecule has 1 saturated carbocycles. The van der Waals surface area contributed by atoms with Crippen LogP contribution >= 0.6 is 11.6 Å². The molecule has 1 heterocycles. The molecule has 2 aromatic rings. The molecule has 1 fully saturated rings. The van der Waals surface area contributed by atoms with Crippen molar-refractivity contribution in [1.29, 1.82) is 10.7 Å². The molecule has 200 valence electrons. The highest BCUT2D eigenvalue weighted by atomic mass is 35.5. The minimum atomic E-state index is -6.63. The van der Waals surface area contributed by atoms with Gasteiger partial charge in [-0.05, 0) is 36.1 Å². The van der Waals surface area contributed by atoms with Gasteiger partial charge < -0.3 is 15.5 Å². The van der Waals surface area contributed by atoms with E-state index in [4.69, 9.17) is 17.0 Å². The molecule has 1 aliphatic rings. The second kappa shape index (κ2) is 9.47. The number of nitriles is 1. The van der Waals surface area contributed by atoms with Gasteiger partial charge in [0.2, 0.25) is 0 Å². The van der Waals surface area contributed by atoms with Crippen LogP contribution in [0.15, 0.2) is 24.4 Å². The average Bonchev–Trinajstić information content (AvgIpc) is 3.53. The Bertz CT molecular complexity index is 1260. The molecule has 0 bridgehead atoms. The molecule has 0 amide bonds. The Labute approximate surface area is 207 Å². The first kappa shape index (κ1) is 28.2. The number of hydrogen-bond donors (Lipinski definition) is 2. The van der Waals surface area contributed by atoms with Crippen molar-refractivity contribution in [3.63, 3.8) is 0 Å². The first-order valence-electron chi connectivity index (χ1n) is 10.1. The van der Waals surface area contributed by atoms with E-state index >= 15 is 0 Å². The second-order valence-corrected chi connectivity index (χ2v) is 8.37. The van der Waals surface area contributed by atoms with Gasteiger partial charge in [-0.15, -0.1) is 0 Å². The fourth-order valence-electron chi connectivity index (χ4n) is 3.51. The highest BCUT2D eigenvalue weighted by molar-refractivity contribution is 6.31. The summed E-state index contributed by atoms with van der Waals surface area (Å²) < 4.78 is 124. The number of rotatable bonds is 8. The van der Waals surface area contributed by atoms with Crippen LogP contribution in [0.5, 0.6) is 5.75 Å². The molecule has 1 aliphatic carbocycles. The Morgan fingerprint density at radius 3 is 2.27 bits per heavy atom. The summed E-state index contributed by atoms with van der Waals surface area (Å²) in [6, 6.07) is 6.41. The standard InChI is InChI=1S/C21H15ClF9N5O/c1-36-16(14(37-17(23)24)15(35-36)19(25,20(26,27)28)21(29,30)31)34-8-11(7-32)10-2-3-13(22)12(6-10)18(9-33)4-5-18/h2-3,6-8,17,32,34H,4-5H2,1H3/b11-8+,32-7?. The molecule has 6 nitrogen and oxygen atoms in total. The summed E-state index contributed by atoms with van der Waals surface area (Å²) in [6.45, 7) is -3.94. The summed E-state index contributed by atoms with van der Waals surface area (Å²) in [6.07, 6.45) is -10.6. The number of hydrogen-bond acceptors (Lipinski definition) is 5. The molecule has 1 aromatic carbocycles. The maximum absolute atomic E-state index is 14.6. The number of allylic oxidation sites excluding steroid dienone is 1. The molecule has 1 aromatic heterocycles. The van der Waals surface area contributed by atoms with Gasteiger partial charge in [0.15, 0.2) is 17.3 Å². The fourth-order valence-corrected chi connectivity index (χ4v) is 3.81. The van der Waals surface area contributed by atoms with Crippen LogP contribution in [-0.2, 0) is 18.1 Å². The SMILES string of the molecule is Cn1nc(C(F)(C(F)(F)F)C(F)(F)F)c(OC(F)F)c1N/C=C(\C=N)c1ccc(Cl)c(C2(C#N)CC2)c1. The highest BCUT2D eigenvalue weighted by Crippen LogP contribution is 2.56. The molecule has 0 spiro atoms. The predicted octanol–water partition coefficient (Wildman–Crippen LogP) is 6.62. The van der Waals surface area contributed by atoms with E-state index < -0.39 is 47.3 Å². The van der Waals surface area contributed by atoms with Crippen molar-refractivity contribution in [3.8, 4) is 11.8 Å². The lowest BCUT2D eigenvalue weighted by Crippen LogP contribution is -2.51. The van der Waals surface area contributed by atoms with Crippen LogP contribution in [0.1, 0.15) is 29.7 Å². The monoisotopic (exact) mass is 559 g/mol. The van der Waals surface area contributed by atoms with E-state index in [-0.39, 0.29) is 20.8 Å². The van der Waals surface area contributed by atoms with Crippen molar-refractivity contribution < 1.29 is 44.3 Å². The summed E-state index contributed by atoms with van der Waals surface area (Å²) in [5.74, 6) is -2.83. The van der Waals surface area contributed by atoms with Gasteiger partial charge in [0.05, 0.1) is 11.5 Å². The molecule has 0 aliphatic heterocycles. The van der Waals surface area contributed by atoms with E-state index in [9.17, 15) is 44.8 Å². The van der Waals surface area contributed by atoms with Gasteiger partial charge in [-0.1, -0.05) is 17.7 Å². The first-order chi connectivity index (χ1) is 17.0. The van der Waals surface area contributed by atoms with Crippen LogP contribution < -0.4 is 10.1 Å². The van der Waals surface area contributed by atoms with E-state index in [2.05, 4.69) is 21.2 Å². The molecule has 0 radical (unpaired) electrons. The highest BCUT2D eigenvalue weighted by Gasteiger charge is 2.76. The topological polar surface area (TPSA) is 86.7 Å². The number of aromatic nitrogens is 2. The van der Waals surface area contributed by atoms with Gasteiger partial charge in [-0.3, -0.25) is 0 Å². The Balaban J connectivity index is 2.12. The lowest BCUT2D eigenvalue weighted by atomic mass is 9.94. The number of ether oxygens (including phenoxy) is 1. The van der Waals surface area contributed by atoms with Gasteiger partial charge in [-0.2, -0.15) is 45.5 Å². The van der Waals surface area contributed by atoms with Crippen LogP contribution in [-0.4, -0.2) is 35.0 Å². The van der Waals surface area contributed by atoms with E-state index in [1.165, 1.54) is 18.2 Å². The third-order valence-electron chi connectivity index (χ3n) is 5.62. The summed E-state index contributed by atoms with van der Waals surface area (Å²) in [5, 5.41) is 22.3. The third-order valence-corrected chi connectivity index (χ3v) is 5.95. The van der Waals surface area contributed by atoms with Gasteiger partial charge >= 0.3 is 24.6 Å². The average molecular weight is 560 g/mol. The third kappa shape index (κ3) is 4.94. The van der Waals surface area contributed by atoms with Crippen LogP contribution in [0, 0.1) is 16.7 Å². The smallest absolute Gasteiger partial charge is 0.429 e. The lowest BCUT2D eigenvalue weighted by molar-refractivity contribution is -0.350. The number of halogens is 10. The van der Waals surface area contributed by atoms with Gasteiger partial charge in [0.1, 0.15) is 0 Å². The molecule has 0 unspecified atom stereocenters. The number of nitrogens with zero attached hydrogens (tertiary/aromatic N) is 3. The largest absolute Gasteiger partial charge is 0.437 e. The predicted molar refractivity (Wildman–Crippen MR) is 113 cm³/mol. The Morgan fingerprint density at radius 1 is 1.22 bits per heavy atom. The molecule has 0 saturated heterocycles. The number of anilines is 1. The first-order valence-corrected chi connectivity index (χ1v) is 10.4. The quantitative estimate of drug-likeness (QED) is 0.281. The summed E-state index contributed by atoms with van der Waals surface area (Å²) >= 11 is 6.17. The lowest BCUT2D eigenvalue weighted by Gasteiger charge is -2.28. The van der Waals surface area contributed by atoms with Crippen LogP contribution in [0.3, 0.4) is 0 Å². The number of benzene rings is 1. The van der Waals surface area contributed by atoms with E-state index in [1.54, 1.807) is 0 Å². The molecule has 16 heteroatoms. The molecular formula is C21H15ClF9N5O. The van der Waals surface area contributed by atoms with Crippen molar-refractivity contribution >= 4 is 29.2 Å². The van der Waals surface area contributed by atoms with Crippen molar-refractivity contribution in [3.05, 3.63) is 46.2 Å². The molecule has 37 heavy (non-hydrogen) atoms. The van der Waals surface area contributed by atoms with E-state index in [1.807, 2.05) is 0 Å². The Hall–Kier alpha value is -3.41. The Morgan fingerprint density at radius 2 is 1.81 bits per heavy atom. The summed E-state index contributed by atoms with van der Waals surface area (Å²) in [5.41, 5.74) is -8.85. The van der Waals surface area contributed by atoms with Gasteiger partial charge in [-0.25, -0.2) is 9.07 Å². The second-order valence-electron chi connectivity index (χ2n) is 7.96. The maximum atomic E-state index is 14.6. The van der Waals surface area contributed by atoms with Crippen LogP contribution in [0.2, 0.25) is 5.02 Å². The zero-order valence-electron chi connectivity index (χ0n) is 18.4. The number of aryl methyl sites for hydroxylation is 1. The van der Waals surface area contributed by atoms with Crippen molar-refractivity contribution in [2.45, 2.75) is 42.9 Å². The van der Waals surface area contributed by atoms with Crippen molar-refractivity contribution in [1.82, 2.24) is 9.78 Å². The van der Waals surface area contributed by atoms with Crippen molar-refractivity contribution in [2.75, 3.05) is 5.32 Å². The molecule has 2 N–H and O–H groups in total. The van der Waals surface area contributed by atoms with E-state index in [0.717, 1.165) is 19.5 Å². The summed E-state index contributed by atoms with van der Waals surface area (Å²) in [4.78, 5) is 0. The zero-order valence-corrected chi connectivity index (χ0v) is 19.2. The molecular weight excluding hydrogens is 545 g/mol. The van der Waals surface area contributed by atoms with E-state index in [0.29, 0.717) is 18.4 Å². The van der Waals surface area contributed by atoms with Gasteiger partial charge in [0.25, 0.3) is 0 Å². The Kier molecular flexibility index (Phi) is 7.21. The van der Waals surface area contributed by atoms with Gasteiger partial charge in [0, 0.05) is 30.1 Å². The number of nitrogens with one attached hydrogen (secondary N) is 2. The van der Waals surface area contributed by atoms with Crippen molar-refractivity contribution in [2.24, 2.45) is 7.05 Å². The van der Waals surface area contributed by atoms with Crippen LogP contribution in [0.25, 0.3) is 5.57 Å². The normalized spacial score (nSPS) is 15.9. The number of alkyl halides is 9. The molecule has 3 rings (SSSR count). The van der Waals surface area contributed by atoms with Crippen LogP contribution in [0.4, 0.5) is 45.3 Å². The fraction of sp³-hybridized carbons (Fsp3) is 0.381. The minimum Gasteiger partial charge on any atom is -0.429 e. The summed E-state index contributed by atoms with van der Waals surface area (Å²) in [7, 11) is 0.763. The maximum Gasteiger partial charge on any atom is 0.437 e. The minimum absolute atomic E-state index is 0.0597. The molecule has 0 atom stereocenters.